The molecule has 0 aliphatic carbocycles. The fraction of sp³-hybridized carbons (Fsp3) is 0.500. The molecule has 0 aromatic heterocycles. The van der Waals surface area contributed by atoms with E-state index in [1.54, 1.807) is 24.3 Å². The molecule has 116 valence electrons. The fourth-order valence-corrected chi connectivity index (χ4v) is 2.31. The summed E-state index contributed by atoms with van der Waals surface area (Å²) in [4.78, 5) is 13.2. The number of hydrogen-bond donors (Lipinski definition) is 1. The molecule has 1 saturated heterocycles. The van der Waals surface area contributed by atoms with Crippen molar-refractivity contribution in [2.24, 2.45) is 5.92 Å². The van der Waals surface area contributed by atoms with E-state index in [4.69, 9.17) is 10.5 Å². The zero-order chi connectivity index (χ0) is 15.5. The minimum Gasteiger partial charge on any atom is -0.482 e. The average Bonchev–Trinajstić information content (AvgIpc) is 2.45. The number of nitrogens with two attached hydrogens (primary N) is 1. The van der Waals surface area contributed by atoms with Gasteiger partial charge in [0.15, 0.2) is 6.61 Å². The lowest BCUT2D eigenvalue weighted by atomic mass is 9.97. The van der Waals surface area contributed by atoms with E-state index in [1.165, 1.54) is 4.90 Å². The van der Waals surface area contributed by atoms with Crippen molar-refractivity contribution in [3.05, 3.63) is 24.3 Å². The molecular weight excluding hydrogens is 285 g/mol. The van der Waals surface area contributed by atoms with Crippen molar-refractivity contribution in [3.8, 4) is 5.75 Å². The number of amides is 1. The molecule has 4 nitrogen and oxygen atoms in total. The van der Waals surface area contributed by atoms with Crippen LogP contribution in [0.3, 0.4) is 0 Å². The summed E-state index contributed by atoms with van der Waals surface area (Å²) in [5.74, 6) is -1.54. The molecule has 2 rings (SSSR count). The van der Waals surface area contributed by atoms with E-state index in [-0.39, 0.29) is 19.6 Å². The fourth-order valence-electron chi connectivity index (χ4n) is 2.31. The number of halogens is 3. The van der Waals surface area contributed by atoms with Crippen LogP contribution in [-0.4, -0.2) is 36.7 Å². The van der Waals surface area contributed by atoms with E-state index in [0.29, 0.717) is 24.4 Å². The van der Waals surface area contributed by atoms with E-state index in [9.17, 15) is 18.0 Å². The number of carbonyl (C=O) groups is 1. The topological polar surface area (TPSA) is 55.6 Å². The third-order valence-corrected chi connectivity index (χ3v) is 3.51. The van der Waals surface area contributed by atoms with Crippen LogP contribution in [0.25, 0.3) is 0 Å². The van der Waals surface area contributed by atoms with Gasteiger partial charge in [-0.1, -0.05) is 12.1 Å². The SMILES string of the molecule is Nc1ccccc1OCC(=O)N1CCCC(C(F)(F)F)C1. The van der Waals surface area contributed by atoms with E-state index in [2.05, 4.69) is 0 Å². The molecule has 7 heteroatoms. The molecule has 0 radical (unpaired) electrons. The molecular formula is C14H17F3N2O2. The van der Waals surface area contributed by atoms with Crippen molar-refractivity contribution in [2.45, 2.75) is 19.0 Å². The Kier molecular flexibility index (Phi) is 4.59. The van der Waals surface area contributed by atoms with Gasteiger partial charge in [0, 0.05) is 13.1 Å². The highest BCUT2D eigenvalue weighted by Gasteiger charge is 2.42. The molecule has 0 spiro atoms. The number of ether oxygens (including phenoxy) is 1. The summed E-state index contributed by atoms with van der Waals surface area (Å²) in [6, 6.07) is 6.66. The number of alkyl halides is 3. The maximum Gasteiger partial charge on any atom is 0.393 e. The lowest BCUT2D eigenvalue weighted by Crippen LogP contribution is -2.46. The summed E-state index contributed by atoms with van der Waals surface area (Å²) in [5.41, 5.74) is 6.05. The van der Waals surface area contributed by atoms with Crippen LogP contribution < -0.4 is 10.5 Å². The molecule has 1 heterocycles. The normalized spacial score (nSPS) is 19.4. The highest BCUT2D eigenvalue weighted by atomic mass is 19.4. The van der Waals surface area contributed by atoms with Gasteiger partial charge in [-0.15, -0.1) is 0 Å². The Bertz CT molecular complexity index is 505. The number of rotatable bonds is 3. The van der Waals surface area contributed by atoms with Crippen molar-refractivity contribution in [1.29, 1.82) is 0 Å². The second-order valence-corrected chi connectivity index (χ2v) is 5.05. The van der Waals surface area contributed by atoms with Crippen LogP contribution >= 0.6 is 0 Å². The largest absolute Gasteiger partial charge is 0.482 e. The number of anilines is 1. The predicted molar refractivity (Wildman–Crippen MR) is 71.7 cm³/mol. The van der Waals surface area contributed by atoms with Crippen LogP contribution in [0.4, 0.5) is 18.9 Å². The minimum atomic E-state index is -4.26. The lowest BCUT2D eigenvalue weighted by molar-refractivity contribution is -0.188. The highest BCUT2D eigenvalue weighted by Crippen LogP contribution is 2.33. The lowest BCUT2D eigenvalue weighted by Gasteiger charge is -2.33. The van der Waals surface area contributed by atoms with Crippen LogP contribution in [0, 0.1) is 5.92 Å². The summed E-state index contributed by atoms with van der Waals surface area (Å²) in [7, 11) is 0. The van der Waals surface area contributed by atoms with Gasteiger partial charge in [0.25, 0.3) is 5.91 Å². The van der Waals surface area contributed by atoms with Gasteiger partial charge in [-0.2, -0.15) is 13.2 Å². The molecule has 1 fully saturated rings. The summed E-state index contributed by atoms with van der Waals surface area (Å²) in [5, 5.41) is 0. The molecule has 1 aliphatic heterocycles. The molecule has 1 aliphatic rings. The molecule has 1 unspecified atom stereocenters. The molecule has 1 aromatic rings. The maximum atomic E-state index is 12.7. The van der Waals surface area contributed by atoms with Crippen LogP contribution in [0.2, 0.25) is 0 Å². The van der Waals surface area contributed by atoms with Crippen molar-refractivity contribution in [3.63, 3.8) is 0 Å². The van der Waals surface area contributed by atoms with Crippen molar-refractivity contribution in [2.75, 3.05) is 25.4 Å². The molecule has 2 N–H and O–H groups in total. The van der Waals surface area contributed by atoms with Gasteiger partial charge < -0.3 is 15.4 Å². The minimum absolute atomic E-state index is 0.0692. The van der Waals surface area contributed by atoms with Gasteiger partial charge >= 0.3 is 6.18 Å². The van der Waals surface area contributed by atoms with Gasteiger partial charge in [-0.3, -0.25) is 4.79 Å². The van der Waals surface area contributed by atoms with Gasteiger partial charge in [0.1, 0.15) is 5.75 Å². The second kappa shape index (κ2) is 6.24. The average molecular weight is 302 g/mol. The van der Waals surface area contributed by atoms with Crippen LogP contribution in [0.5, 0.6) is 5.75 Å². The summed E-state index contributed by atoms with van der Waals surface area (Å²) < 4.78 is 43.4. The Labute approximate surface area is 120 Å². The first-order valence-electron chi connectivity index (χ1n) is 6.69. The summed E-state index contributed by atoms with van der Waals surface area (Å²) in [6.45, 7) is -0.270. The van der Waals surface area contributed by atoms with Gasteiger partial charge in [0.05, 0.1) is 11.6 Å². The molecule has 1 atom stereocenters. The smallest absolute Gasteiger partial charge is 0.393 e. The van der Waals surface area contributed by atoms with Crippen molar-refractivity contribution in [1.82, 2.24) is 4.90 Å². The van der Waals surface area contributed by atoms with E-state index >= 15 is 0 Å². The summed E-state index contributed by atoms with van der Waals surface area (Å²) >= 11 is 0. The van der Waals surface area contributed by atoms with Crippen molar-refractivity contribution >= 4 is 11.6 Å². The number of benzene rings is 1. The van der Waals surface area contributed by atoms with E-state index in [0.717, 1.165) is 0 Å². The predicted octanol–water partition coefficient (Wildman–Crippen LogP) is 2.45. The van der Waals surface area contributed by atoms with E-state index in [1.807, 2.05) is 0 Å². The first-order valence-corrected chi connectivity index (χ1v) is 6.69. The van der Waals surface area contributed by atoms with Gasteiger partial charge in [0.2, 0.25) is 0 Å². The molecule has 1 aromatic carbocycles. The van der Waals surface area contributed by atoms with Crippen LogP contribution in [-0.2, 0) is 4.79 Å². The molecule has 0 saturated carbocycles. The van der Waals surface area contributed by atoms with Crippen LogP contribution in [0.1, 0.15) is 12.8 Å². The zero-order valence-corrected chi connectivity index (χ0v) is 11.4. The van der Waals surface area contributed by atoms with Crippen LogP contribution in [0.15, 0.2) is 24.3 Å². The standard InChI is InChI=1S/C14H17F3N2O2/c15-14(16,17)10-4-3-7-19(8-10)13(20)9-21-12-6-2-1-5-11(12)18/h1-2,5-6,10H,3-4,7-9,18H2. The third-order valence-electron chi connectivity index (χ3n) is 3.51. The van der Waals surface area contributed by atoms with Gasteiger partial charge in [-0.05, 0) is 25.0 Å². The number of hydrogen-bond acceptors (Lipinski definition) is 3. The number of likely N-dealkylation sites (tertiary alicyclic amines) is 1. The summed E-state index contributed by atoms with van der Waals surface area (Å²) in [6.07, 6.45) is -3.84. The highest BCUT2D eigenvalue weighted by molar-refractivity contribution is 5.78. The number of nitrogens with zero attached hydrogens (tertiary/aromatic N) is 1. The van der Waals surface area contributed by atoms with Gasteiger partial charge in [-0.25, -0.2) is 0 Å². The Morgan fingerprint density at radius 2 is 2.10 bits per heavy atom. The first kappa shape index (κ1) is 15.5. The zero-order valence-electron chi connectivity index (χ0n) is 11.4. The monoisotopic (exact) mass is 302 g/mol. The number of carbonyl (C=O) groups excluding carboxylic acids is 1. The number of piperidine rings is 1. The second-order valence-electron chi connectivity index (χ2n) is 5.05. The quantitative estimate of drug-likeness (QED) is 0.873. The number of nitrogen functional groups attached to an aromatic ring is 1. The Balaban J connectivity index is 1.90. The number of para-hydroxylation sites is 2. The Hall–Kier alpha value is -1.92. The third kappa shape index (κ3) is 4.03. The Morgan fingerprint density at radius 3 is 2.76 bits per heavy atom. The maximum absolute atomic E-state index is 12.7. The van der Waals surface area contributed by atoms with E-state index < -0.39 is 18.0 Å². The van der Waals surface area contributed by atoms with Crippen molar-refractivity contribution < 1.29 is 22.7 Å². The first-order chi connectivity index (χ1) is 9.88. The molecule has 1 amide bonds. The molecule has 0 bridgehead atoms. The molecule has 21 heavy (non-hydrogen) atoms. The Morgan fingerprint density at radius 1 is 1.38 bits per heavy atom.